The molecule has 2 aliphatic rings. The van der Waals surface area contributed by atoms with Crippen LogP contribution in [0.1, 0.15) is 52.4 Å². The summed E-state index contributed by atoms with van der Waals surface area (Å²) in [6.07, 6.45) is 5.03. The summed E-state index contributed by atoms with van der Waals surface area (Å²) in [4.78, 5) is 39.2. The molecule has 2 rings (SSSR count). The molecule has 1 saturated heterocycles. The lowest BCUT2D eigenvalue weighted by molar-refractivity contribution is -0.147. The number of amides is 2. The van der Waals surface area contributed by atoms with Crippen molar-refractivity contribution in [2.75, 3.05) is 26.7 Å². The molecule has 2 amide bonds. The molecule has 25 heavy (non-hydrogen) atoms. The minimum atomic E-state index is -0.781. The van der Waals surface area contributed by atoms with Gasteiger partial charge in [0.15, 0.2) is 0 Å². The van der Waals surface area contributed by atoms with Gasteiger partial charge in [-0.25, -0.2) is 0 Å². The number of carbonyl (C=O) groups excluding carboxylic acids is 2. The maximum atomic E-state index is 12.6. The van der Waals surface area contributed by atoms with Crippen LogP contribution in [-0.2, 0) is 14.4 Å². The molecule has 0 bridgehead atoms. The fourth-order valence-corrected chi connectivity index (χ4v) is 4.10. The van der Waals surface area contributed by atoms with Crippen LogP contribution >= 0.6 is 0 Å². The minimum Gasteiger partial charge on any atom is -0.481 e. The van der Waals surface area contributed by atoms with Gasteiger partial charge in [-0.3, -0.25) is 14.4 Å². The van der Waals surface area contributed by atoms with Gasteiger partial charge in [0.05, 0.1) is 12.5 Å². The summed E-state index contributed by atoms with van der Waals surface area (Å²) in [5.74, 6) is 0.309. The molecule has 0 aromatic rings. The summed E-state index contributed by atoms with van der Waals surface area (Å²) < 4.78 is 0. The van der Waals surface area contributed by atoms with Crippen LogP contribution in [0.5, 0.6) is 0 Å². The van der Waals surface area contributed by atoms with E-state index in [4.69, 9.17) is 5.11 Å². The van der Waals surface area contributed by atoms with Gasteiger partial charge in [-0.1, -0.05) is 13.8 Å². The van der Waals surface area contributed by atoms with Crippen LogP contribution in [0.4, 0.5) is 0 Å². The Balaban J connectivity index is 1.77. The van der Waals surface area contributed by atoms with Gasteiger partial charge in [0.1, 0.15) is 0 Å². The quantitative estimate of drug-likeness (QED) is 0.823. The van der Waals surface area contributed by atoms with E-state index in [1.165, 1.54) is 0 Å². The number of nitrogens with zero attached hydrogens (tertiary/aromatic N) is 2. The van der Waals surface area contributed by atoms with Crippen molar-refractivity contribution in [3.63, 3.8) is 0 Å². The molecule has 1 N–H and O–H groups in total. The molecule has 1 heterocycles. The van der Waals surface area contributed by atoms with E-state index in [2.05, 4.69) is 13.8 Å². The lowest BCUT2D eigenvalue weighted by Gasteiger charge is -2.34. The van der Waals surface area contributed by atoms with E-state index in [1.807, 2.05) is 0 Å². The van der Waals surface area contributed by atoms with Crippen molar-refractivity contribution < 1.29 is 19.5 Å². The first-order chi connectivity index (χ1) is 11.8. The van der Waals surface area contributed by atoms with Crippen molar-refractivity contribution in [3.8, 4) is 0 Å². The van der Waals surface area contributed by atoms with Gasteiger partial charge in [-0.15, -0.1) is 0 Å². The number of likely N-dealkylation sites (N-methyl/N-ethyl adjacent to an activating group) is 1. The molecule has 0 radical (unpaired) electrons. The van der Waals surface area contributed by atoms with Gasteiger partial charge in [0.2, 0.25) is 11.8 Å². The molecule has 1 aliphatic carbocycles. The zero-order valence-electron chi connectivity index (χ0n) is 15.7. The van der Waals surface area contributed by atoms with E-state index in [-0.39, 0.29) is 30.2 Å². The normalized spacial score (nSPS) is 25.0. The van der Waals surface area contributed by atoms with Crippen LogP contribution in [0.15, 0.2) is 0 Å². The van der Waals surface area contributed by atoms with E-state index >= 15 is 0 Å². The van der Waals surface area contributed by atoms with E-state index in [0.717, 1.165) is 25.7 Å². The third-order valence-electron chi connectivity index (χ3n) is 6.01. The predicted octanol–water partition coefficient (Wildman–Crippen LogP) is 2.23. The SMILES string of the molecule is CC(C)C1CCC(C(=O)N(C)CC(=O)N2CCC(C(=O)O)CC2)CC1. The number of hydrogen-bond acceptors (Lipinski definition) is 3. The maximum Gasteiger partial charge on any atom is 0.306 e. The average molecular weight is 352 g/mol. The highest BCUT2D eigenvalue weighted by Gasteiger charge is 2.31. The topological polar surface area (TPSA) is 77.9 Å². The number of hydrogen-bond donors (Lipinski definition) is 1. The summed E-state index contributed by atoms with van der Waals surface area (Å²) in [6.45, 7) is 5.52. The molecular formula is C19H32N2O4. The fraction of sp³-hybridized carbons (Fsp3) is 0.842. The summed E-state index contributed by atoms with van der Waals surface area (Å²) in [5, 5.41) is 9.02. The molecule has 0 unspecified atom stereocenters. The van der Waals surface area contributed by atoms with Crippen LogP contribution in [0.25, 0.3) is 0 Å². The summed E-state index contributed by atoms with van der Waals surface area (Å²) in [5.41, 5.74) is 0. The maximum absolute atomic E-state index is 12.6. The molecule has 142 valence electrons. The molecule has 0 aromatic heterocycles. The number of carboxylic acids is 1. The van der Waals surface area contributed by atoms with E-state index in [9.17, 15) is 14.4 Å². The molecule has 0 spiro atoms. The van der Waals surface area contributed by atoms with Crippen LogP contribution in [-0.4, -0.2) is 59.4 Å². The van der Waals surface area contributed by atoms with Crippen molar-refractivity contribution >= 4 is 17.8 Å². The first kappa shape index (κ1) is 19.7. The van der Waals surface area contributed by atoms with Crippen molar-refractivity contribution in [2.24, 2.45) is 23.7 Å². The highest BCUT2D eigenvalue weighted by atomic mass is 16.4. The van der Waals surface area contributed by atoms with E-state index < -0.39 is 5.97 Å². The molecule has 6 heteroatoms. The molecular weight excluding hydrogens is 320 g/mol. The molecule has 0 aromatic carbocycles. The zero-order valence-corrected chi connectivity index (χ0v) is 15.7. The van der Waals surface area contributed by atoms with Crippen LogP contribution in [0.2, 0.25) is 0 Å². The highest BCUT2D eigenvalue weighted by molar-refractivity contribution is 5.86. The third kappa shape index (κ3) is 5.19. The first-order valence-corrected chi connectivity index (χ1v) is 9.55. The standard InChI is InChI=1S/C19H32N2O4/c1-13(2)14-4-6-15(7-5-14)18(23)20(3)12-17(22)21-10-8-16(9-11-21)19(24)25/h13-16H,4-12H2,1-3H3,(H,24,25). The second-order valence-corrected chi connectivity index (χ2v) is 8.04. The van der Waals surface area contributed by atoms with Crippen molar-refractivity contribution in [1.82, 2.24) is 9.80 Å². The number of likely N-dealkylation sites (tertiary alicyclic amines) is 1. The van der Waals surface area contributed by atoms with Gasteiger partial charge in [-0.05, 0) is 50.4 Å². The minimum absolute atomic E-state index is 0.0468. The van der Waals surface area contributed by atoms with Gasteiger partial charge < -0.3 is 14.9 Å². The van der Waals surface area contributed by atoms with E-state index in [1.54, 1.807) is 16.8 Å². The Hall–Kier alpha value is -1.59. The lowest BCUT2D eigenvalue weighted by atomic mass is 9.76. The van der Waals surface area contributed by atoms with Crippen LogP contribution in [0.3, 0.4) is 0 Å². The molecule has 0 atom stereocenters. The Labute approximate surface area is 150 Å². The predicted molar refractivity (Wildman–Crippen MR) is 94.9 cm³/mol. The Bertz CT molecular complexity index is 490. The molecule has 6 nitrogen and oxygen atoms in total. The van der Waals surface area contributed by atoms with Gasteiger partial charge >= 0.3 is 5.97 Å². The molecule has 1 aliphatic heterocycles. The van der Waals surface area contributed by atoms with Crippen molar-refractivity contribution in [1.29, 1.82) is 0 Å². The lowest BCUT2D eigenvalue weighted by Crippen LogP contribution is -2.46. The van der Waals surface area contributed by atoms with Crippen molar-refractivity contribution in [2.45, 2.75) is 52.4 Å². The van der Waals surface area contributed by atoms with Crippen LogP contribution in [0, 0.1) is 23.7 Å². The zero-order chi connectivity index (χ0) is 18.6. The Morgan fingerprint density at radius 2 is 1.56 bits per heavy atom. The summed E-state index contributed by atoms with van der Waals surface area (Å²) in [7, 11) is 1.71. The largest absolute Gasteiger partial charge is 0.481 e. The van der Waals surface area contributed by atoms with Gasteiger partial charge in [0.25, 0.3) is 0 Å². The smallest absolute Gasteiger partial charge is 0.306 e. The third-order valence-corrected chi connectivity index (χ3v) is 6.01. The number of carbonyl (C=O) groups is 3. The summed E-state index contributed by atoms with van der Waals surface area (Å²) >= 11 is 0. The average Bonchev–Trinajstić information content (AvgIpc) is 2.61. The number of rotatable bonds is 5. The monoisotopic (exact) mass is 352 g/mol. The Kier molecular flexibility index (Phi) is 6.85. The Morgan fingerprint density at radius 3 is 2.04 bits per heavy atom. The van der Waals surface area contributed by atoms with Gasteiger partial charge in [0, 0.05) is 26.1 Å². The molecule has 1 saturated carbocycles. The summed E-state index contributed by atoms with van der Waals surface area (Å²) in [6, 6.07) is 0. The fourth-order valence-electron chi connectivity index (χ4n) is 4.10. The second-order valence-electron chi connectivity index (χ2n) is 8.04. The van der Waals surface area contributed by atoms with E-state index in [0.29, 0.717) is 37.8 Å². The first-order valence-electron chi connectivity index (χ1n) is 9.55. The number of piperidine rings is 1. The van der Waals surface area contributed by atoms with Crippen molar-refractivity contribution in [3.05, 3.63) is 0 Å². The van der Waals surface area contributed by atoms with Gasteiger partial charge in [-0.2, -0.15) is 0 Å². The second kappa shape index (κ2) is 8.68. The van der Waals surface area contributed by atoms with Crippen LogP contribution < -0.4 is 0 Å². The number of aliphatic carboxylic acids is 1. The molecule has 2 fully saturated rings. The number of carboxylic acid groups (broad SMARTS) is 1. The highest BCUT2D eigenvalue weighted by Crippen LogP contribution is 2.34. The Morgan fingerprint density at radius 1 is 1.00 bits per heavy atom.